The van der Waals surface area contributed by atoms with Crippen molar-refractivity contribution in [2.24, 2.45) is 0 Å². The molecule has 0 radical (unpaired) electrons. The molecule has 4 rings (SSSR count). The van der Waals surface area contributed by atoms with Gasteiger partial charge in [-0.05, 0) is 60.4 Å². The highest BCUT2D eigenvalue weighted by Gasteiger charge is 2.40. The van der Waals surface area contributed by atoms with E-state index in [-0.39, 0.29) is 18.0 Å². The molecule has 1 aliphatic rings. The summed E-state index contributed by atoms with van der Waals surface area (Å²) in [5.41, 5.74) is 2.88. The van der Waals surface area contributed by atoms with Gasteiger partial charge in [-0.25, -0.2) is 0 Å². The van der Waals surface area contributed by atoms with Gasteiger partial charge in [-0.2, -0.15) is 0 Å². The van der Waals surface area contributed by atoms with Gasteiger partial charge < -0.3 is 15.5 Å². The second kappa shape index (κ2) is 8.71. The number of amides is 1. The van der Waals surface area contributed by atoms with Crippen LogP contribution in [0.25, 0.3) is 0 Å². The van der Waals surface area contributed by atoms with Gasteiger partial charge in [-0.1, -0.05) is 24.3 Å². The first kappa shape index (κ1) is 19.5. The summed E-state index contributed by atoms with van der Waals surface area (Å²) in [7, 11) is 0. The summed E-state index contributed by atoms with van der Waals surface area (Å²) in [6.07, 6.45) is 2.15. The van der Waals surface area contributed by atoms with E-state index < -0.39 is 0 Å². The van der Waals surface area contributed by atoms with E-state index in [2.05, 4.69) is 32.0 Å². The minimum Gasteiger partial charge on any atom is -0.352 e. The van der Waals surface area contributed by atoms with Gasteiger partial charge >= 0.3 is 0 Å². The normalized spacial score (nSPS) is 18.5. The molecule has 1 amide bonds. The van der Waals surface area contributed by atoms with E-state index in [0.29, 0.717) is 18.1 Å². The summed E-state index contributed by atoms with van der Waals surface area (Å²) >= 11 is 7.32. The molecule has 5 nitrogen and oxygen atoms in total. The van der Waals surface area contributed by atoms with Crippen LogP contribution in [0.5, 0.6) is 0 Å². The number of thiocarbonyl (C=S) groups is 1. The molecule has 1 fully saturated rings. The van der Waals surface area contributed by atoms with Gasteiger partial charge in [0.25, 0.3) is 0 Å². The number of nitrogens with one attached hydrogen (secondary N) is 2. The largest absolute Gasteiger partial charge is 0.352 e. The Morgan fingerprint density at radius 3 is 2.86 bits per heavy atom. The van der Waals surface area contributed by atoms with Crippen molar-refractivity contribution in [3.8, 4) is 0 Å². The quantitative estimate of drug-likeness (QED) is 0.575. The number of hydrogen-bond donors (Lipinski definition) is 2. The lowest BCUT2D eigenvalue weighted by molar-refractivity contribution is -0.116. The van der Waals surface area contributed by atoms with Crippen molar-refractivity contribution in [3.05, 3.63) is 82.3 Å². The fraction of sp³-hybridized carbons (Fsp3) is 0.227. The number of anilines is 1. The number of aromatic nitrogens is 1. The molecule has 0 spiro atoms. The van der Waals surface area contributed by atoms with Crippen molar-refractivity contribution < 1.29 is 4.79 Å². The highest BCUT2D eigenvalue weighted by molar-refractivity contribution is 7.80. The Hall–Kier alpha value is -2.77. The van der Waals surface area contributed by atoms with Crippen LogP contribution in [0.1, 0.15) is 34.6 Å². The fourth-order valence-corrected chi connectivity index (χ4v) is 4.79. The van der Waals surface area contributed by atoms with Crippen molar-refractivity contribution >= 4 is 40.3 Å². The summed E-state index contributed by atoms with van der Waals surface area (Å²) in [6.45, 7) is 2.54. The fourth-order valence-electron chi connectivity index (χ4n) is 3.58. The van der Waals surface area contributed by atoms with E-state index in [4.69, 9.17) is 12.2 Å². The zero-order valence-electron chi connectivity index (χ0n) is 16.0. The van der Waals surface area contributed by atoms with Crippen molar-refractivity contribution in [3.63, 3.8) is 0 Å². The minimum atomic E-state index is -0.0396. The predicted molar refractivity (Wildman–Crippen MR) is 121 cm³/mol. The van der Waals surface area contributed by atoms with E-state index >= 15 is 0 Å². The first-order valence-corrected chi connectivity index (χ1v) is 10.8. The molecule has 29 heavy (non-hydrogen) atoms. The third kappa shape index (κ3) is 4.46. The lowest BCUT2D eigenvalue weighted by Gasteiger charge is -2.26. The molecule has 2 atom stereocenters. The van der Waals surface area contributed by atoms with E-state index in [1.807, 2.05) is 55.5 Å². The highest BCUT2D eigenvalue weighted by Crippen LogP contribution is 2.40. The minimum absolute atomic E-state index is 0.0177. The smallest absolute Gasteiger partial charge is 0.226 e. The monoisotopic (exact) mass is 422 g/mol. The summed E-state index contributed by atoms with van der Waals surface area (Å²) in [5.74, 6) is -0.0235. The number of nitrogens with zero attached hydrogens (tertiary/aromatic N) is 2. The van der Waals surface area contributed by atoms with Crippen LogP contribution in [0.15, 0.2) is 66.2 Å². The van der Waals surface area contributed by atoms with Gasteiger partial charge in [0.1, 0.15) is 0 Å². The third-order valence-electron chi connectivity index (χ3n) is 4.91. The molecular weight excluding hydrogens is 400 g/mol. The molecule has 0 unspecified atom stereocenters. The van der Waals surface area contributed by atoms with E-state index in [1.54, 1.807) is 17.5 Å². The number of rotatable bonds is 6. The number of thiophene rings is 1. The first-order valence-electron chi connectivity index (χ1n) is 9.50. The van der Waals surface area contributed by atoms with E-state index in [9.17, 15) is 4.79 Å². The number of carbonyl (C=O) groups excluding carboxylic acids is 1. The number of aryl methyl sites for hydroxylation is 1. The summed E-state index contributed by atoms with van der Waals surface area (Å²) in [5, 5.41) is 9.10. The molecule has 0 bridgehead atoms. The first-order chi connectivity index (χ1) is 14.1. The van der Waals surface area contributed by atoms with E-state index in [1.165, 1.54) is 4.88 Å². The van der Waals surface area contributed by atoms with Crippen LogP contribution < -0.4 is 10.6 Å². The summed E-state index contributed by atoms with van der Waals surface area (Å²) in [4.78, 5) is 20.4. The Balaban J connectivity index is 1.49. The molecule has 0 saturated carbocycles. The maximum Gasteiger partial charge on any atom is 0.226 e. The van der Waals surface area contributed by atoms with Gasteiger partial charge in [0.05, 0.1) is 17.8 Å². The molecule has 2 aromatic heterocycles. The van der Waals surface area contributed by atoms with Crippen LogP contribution in [0.4, 0.5) is 5.69 Å². The standard InChI is InChI=1S/C22H22N4OS2/c1-15-6-4-7-16(14-15)24-19(27)10-12-26-21(18-9-5-13-29-18)20(25-22(26)28)17-8-2-3-11-23-17/h2-9,11,13-14,20-21H,10,12H2,1H3,(H,24,27)(H,25,28)/t20-,21-/m0/s1. The molecule has 1 aliphatic heterocycles. The van der Waals surface area contributed by atoms with Gasteiger partial charge in [0.15, 0.2) is 5.11 Å². The number of hydrogen-bond acceptors (Lipinski definition) is 4. The molecule has 7 heteroatoms. The molecule has 2 N–H and O–H groups in total. The van der Waals surface area contributed by atoms with Crippen LogP contribution in [-0.2, 0) is 4.79 Å². The number of pyridine rings is 1. The van der Waals surface area contributed by atoms with Crippen molar-refractivity contribution in [2.45, 2.75) is 25.4 Å². The summed E-state index contributed by atoms with van der Waals surface area (Å²) < 4.78 is 0. The van der Waals surface area contributed by atoms with Crippen LogP contribution in [-0.4, -0.2) is 27.4 Å². The zero-order chi connectivity index (χ0) is 20.2. The maximum atomic E-state index is 12.5. The molecule has 1 saturated heterocycles. The average Bonchev–Trinajstić information content (AvgIpc) is 3.35. The molecule has 148 valence electrons. The summed E-state index contributed by atoms with van der Waals surface area (Å²) in [6, 6.07) is 17.8. The molecule has 3 heterocycles. The number of benzene rings is 1. The Morgan fingerprint density at radius 1 is 1.24 bits per heavy atom. The molecule has 0 aliphatic carbocycles. The second-order valence-electron chi connectivity index (χ2n) is 7.00. The molecule has 1 aromatic carbocycles. The van der Waals surface area contributed by atoms with Crippen molar-refractivity contribution in [1.82, 2.24) is 15.2 Å². The second-order valence-corrected chi connectivity index (χ2v) is 8.37. The lowest BCUT2D eigenvalue weighted by Crippen LogP contribution is -2.32. The predicted octanol–water partition coefficient (Wildman–Crippen LogP) is 4.45. The average molecular weight is 423 g/mol. The Bertz CT molecular complexity index is 991. The Kier molecular flexibility index (Phi) is 5.87. The highest BCUT2D eigenvalue weighted by atomic mass is 32.1. The number of carbonyl (C=O) groups is 1. The molecular formula is C22H22N4OS2. The van der Waals surface area contributed by atoms with Gasteiger partial charge in [-0.3, -0.25) is 9.78 Å². The maximum absolute atomic E-state index is 12.5. The van der Waals surface area contributed by atoms with Crippen LogP contribution in [0.2, 0.25) is 0 Å². The van der Waals surface area contributed by atoms with Gasteiger partial charge in [0, 0.05) is 29.7 Å². The Labute approximate surface area is 179 Å². The zero-order valence-corrected chi connectivity index (χ0v) is 17.7. The van der Waals surface area contributed by atoms with Crippen LogP contribution >= 0.6 is 23.6 Å². The van der Waals surface area contributed by atoms with Crippen LogP contribution in [0, 0.1) is 6.92 Å². The topological polar surface area (TPSA) is 57.3 Å². The third-order valence-corrected chi connectivity index (χ3v) is 6.21. The molecule has 3 aromatic rings. The SMILES string of the molecule is Cc1cccc(NC(=O)CCN2C(=S)N[C@@H](c3ccccn3)[C@@H]2c2cccs2)c1. The van der Waals surface area contributed by atoms with Crippen LogP contribution in [0.3, 0.4) is 0 Å². The van der Waals surface area contributed by atoms with Gasteiger partial charge in [-0.15, -0.1) is 11.3 Å². The van der Waals surface area contributed by atoms with Crippen molar-refractivity contribution in [2.75, 3.05) is 11.9 Å². The Morgan fingerprint density at radius 2 is 2.14 bits per heavy atom. The van der Waals surface area contributed by atoms with Crippen molar-refractivity contribution in [1.29, 1.82) is 0 Å². The van der Waals surface area contributed by atoms with E-state index in [0.717, 1.165) is 16.9 Å². The lowest BCUT2D eigenvalue weighted by atomic mass is 10.0. The van der Waals surface area contributed by atoms with Gasteiger partial charge in [0.2, 0.25) is 5.91 Å².